The number of nitrogens with zero attached hydrogens (tertiary/aromatic N) is 2. The Kier molecular flexibility index (Phi) is 4.12. The molecule has 0 bridgehead atoms. The van der Waals surface area contributed by atoms with Gasteiger partial charge >= 0.3 is 5.97 Å². The van der Waals surface area contributed by atoms with Crippen molar-refractivity contribution in [1.29, 1.82) is 0 Å². The first-order valence-corrected chi connectivity index (χ1v) is 8.41. The minimum absolute atomic E-state index is 0.112. The van der Waals surface area contributed by atoms with Crippen LogP contribution in [0.5, 0.6) is 0 Å². The van der Waals surface area contributed by atoms with Crippen molar-refractivity contribution in [2.45, 2.75) is 6.92 Å². The van der Waals surface area contributed by atoms with Gasteiger partial charge in [0.25, 0.3) is 5.91 Å². The maximum atomic E-state index is 12.8. The van der Waals surface area contributed by atoms with Crippen LogP contribution in [0.3, 0.4) is 0 Å². The monoisotopic (exact) mass is 374 g/mol. The second-order valence-corrected chi connectivity index (χ2v) is 6.23. The molecule has 1 aliphatic heterocycles. The van der Waals surface area contributed by atoms with E-state index in [1.54, 1.807) is 31.2 Å². The Morgan fingerprint density at radius 3 is 2.54 bits per heavy atom. The van der Waals surface area contributed by atoms with Gasteiger partial charge in [-0.15, -0.1) is 0 Å². The number of carbonyl (C=O) groups excluding carboxylic acids is 1. The third-order valence-corrected chi connectivity index (χ3v) is 4.43. The molecule has 138 valence electrons. The molecule has 7 nitrogen and oxygen atoms in total. The third-order valence-electron chi connectivity index (χ3n) is 4.43. The third kappa shape index (κ3) is 2.88. The van der Waals surface area contributed by atoms with Crippen LogP contribution >= 0.6 is 0 Å². The van der Waals surface area contributed by atoms with E-state index in [0.29, 0.717) is 22.4 Å². The number of hydrogen-bond acceptors (Lipinski definition) is 5. The SMILES string of the molecule is CC1=NN(c2ccc(C(=O)O)cc2)C(=O)/C1=C\c1coc2ccccc2c1=O. The second kappa shape index (κ2) is 6.62. The Balaban J connectivity index is 1.71. The van der Waals surface area contributed by atoms with Crippen LogP contribution in [0.2, 0.25) is 0 Å². The van der Waals surface area contributed by atoms with Crippen molar-refractivity contribution >= 4 is 40.3 Å². The molecule has 0 aliphatic carbocycles. The van der Waals surface area contributed by atoms with E-state index >= 15 is 0 Å². The van der Waals surface area contributed by atoms with Gasteiger partial charge in [0.05, 0.1) is 33.5 Å². The Hall–Kier alpha value is -4.00. The standard InChI is InChI=1S/C21H14N2O5/c1-12-17(10-14-11-28-18-5-3-2-4-16(18)19(14)24)20(25)23(22-12)15-8-6-13(7-9-15)21(26)27/h2-11H,1H3,(H,26,27)/b17-10-. The lowest BCUT2D eigenvalue weighted by atomic mass is 10.1. The van der Waals surface area contributed by atoms with Crippen LogP contribution in [0.25, 0.3) is 17.0 Å². The van der Waals surface area contributed by atoms with Crippen molar-refractivity contribution in [2.75, 3.05) is 5.01 Å². The second-order valence-electron chi connectivity index (χ2n) is 6.23. The van der Waals surface area contributed by atoms with Crippen LogP contribution in [0, 0.1) is 0 Å². The average Bonchev–Trinajstić information content (AvgIpc) is 2.98. The predicted octanol–water partition coefficient (Wildman–Crippen LogP) is 3.30. The van der Waals surface area contributed by atoms with Crippen LogP contribution < -0.4 is 10.4 Å². The van der Waals surface area contributed by atoms with Gasteiger partial charge in [-0.2, -0.15) is 10.1 Å². The molecule has 28 heavy (non-hydrogen) atoms. The average molecular weight is 374 g/mol. The summed E-state index contributed by atoms with van der Waals surface area (Å²) in [6.07, 6.45) is 2.79. The Morgan fingerprint density at radius 2 is 1.82 bits per heavy atom. The highest BCUT2D eigenvalue weighted by Gasteiger charge is 2.29. The molecule has 0 radical (unpaired) electrons. The fourth-order valence-corrected chi connectivity index (χ4v) is 2.95. The summed E-state index contributed by atoms with van der Waals surface area (Å²) in [5.74, 6) is -1.46. The number of carboxylic acid groups (broad SMARTS) is 1. The molecule has 2 heterocycles. The Morgan fingerprint density at radius 1 is 1.11 bits per heavy atom. The zero-order valence-electron chi connectivity index (χ0n) is 14.7. The number of carbonyl (C=O) groups is 2. The highest BCUT2D eigenvalue weighted by molar-refractivity contribution is 6.32. The lowest BCUT2D eigenvalue weighted by Gasteiger charge is -2.11. The summed E-state index contributed by atoms with van der Waals surface area (Å²) in [6.45, 7) is 1.66. The fourth-order valence-electron chi connectivity index (χ4n) is 2.95. The van der Waals surface area contributed by atoms with Gasteiger partial charge in [0.2, 0.25) is 0 Å². The molecule has 0 fully saturated rings. The van der Waals surface area contributed by atoms with E-state index in [0.717, 1.165) is 0 Å². The summed E-state index contributed by atoms with van der Waals surface area (Å²) >= 11 is 0. The lowest BCUT2D eigenvalue weighted by Crippen LogP contribution is -2.21. The Bertz CT molecular complexity index is 1240. The maximum Gasteiger partial charge on any atom is 0.335 e. The van der Waals surface area contributed by atoms with Crippen molar-refractivity contribution in [3.8, 4) is 0 Å². The number of anilines is 1. The smallest absolute Gasteiger partial charge is 0.335 e. The number of amides is 1. The Labute approximate surface area is 158 Å². The van der Waals surface area contributed by atoms with Gasteiger partial charge in [-0.05, 0) is 49.4 Å². The van der Waals surface area contributed by atoms with Crippen LogP contribution in [0.1, 0.15) is 22.8 Å². The summed E-state index contributed by atoms with van der Waals surface area (Å²) in [5.41, 5.74) is 1.74. The van der Waals surface area contributed by atoms with Gasteiger partial charge in [-0.3, -0.25) is 9.59 Å². The van der Waals surface area contributed by atoms with Crippen molar-refractivity contribution in [3.63, 3.8) is 0 Å². The first-order valence-electron chi connectivity index (χ1n) is 8.41. The molecular formula is C21H14N2O5. The zero-order chi connectivity index (χ0) is 19.8. The van der Waals surface area contributed by atoms with Crippen molar-refractivity contribution < 1.29 is 19.1 Å². The van der Waals surface area contributed by atoms with E-state index in [4.69, 9.17) is 9.52 Å². The highest BCUT2D eigenvalue weighted by Crippen LogP contribution is 2.25. The topological polar surface area (TPSA) is 100 Å². The van der Waals surface area contributed by atoms with E-state index in [9.17, 15) is 14.4 Å². The molecule has 1 amide bonds. The summed E-state index contributed by atoms with van der Waals surface area (Å²) in [6, 6.07) is 12.7. The molecular weight excluding hydrogens is 360 g/mol. The van der Waals surface area contributed by atoms with Crippen LogP contribution in [-0.2, 0) is 4.79 Å². The van der Waals surface area contributed by atoms with Crippen molar-refractivity contribution in [1.82, 2.24) is 0 Å². The van der Waals surface area contributed by atoms with E-state index in [-0.39, 0.29) is 22.1 Å². The van der Waals surface area contributed by atoms with Gasteiger partial charge in [0.1, 0.15) is 11.8 Å². The van der Waals surface area contributed by atoms with Crippen LogP contribution in [-0.4, -0.2) is 22.7 Å². The number of aromatic carboxylic acids is 1. The molecule has 1 N–H and O–H groups in total. The molecule has 0 saturated carbocycles. The molecule has 3 aromatic rings. The number of rotatable bonds is 3. The predicted molar refractivity (Wildman–Crippen MR) is 104 cm³/mol. The number of hydrogen-bond donors (Lipinski definition) is 1. The van der Waals surface area contributed by atoms with E-state index in [1.165, 1.54) is 41.6 Å². The van der Waals surface area contributed by atoms with E-state index in [1.807, 2.05) is 0 Å². The first kappa shape index (κ1) is 17.4. The normalized spacial score (nSPS) is 15.3. The van der Waals surface area contributed by atoms with E-state index in [2.05, 4.69) is 5.10 Å². The van der Waals surface area contributed by atoms with Crippen LogP contribution in [0.15, 0.2) is 74.7 Å². The van der Waals surface area contributed by atoms with Gasteiger partial charge in [-0.25, -0.2) is 4.79 Å². The number of hydrazone groups is 1. The molecule has 0 unspecified atom stereocenters. The zero-order valence-corrected chi connectivity index (χ0v) is 14.7. The van der Waals surface area contributed by atoms with Gasteiger partial charge in [-0.1, -0.05) is 12.1 Å². The van der Waals surface area contributed by atoms with Crippen LogP contribution in [0.4, 0.5) is 5.69 Å². The van der Waals surface area contributed by atoms with Gasteiger partial charge in [0, 0.05) is 0 Å². The molecule has 0 spiro atoms. The van der Waals surface area contributed by atoms with Gasteiger partial charge in [0.15, 0.2) is 5.43 Å². The molecule has 1 aliphatic rings. The number of para-hydroxylation sites is 1. The minimum Gasteiger partial charge on any atom is -0.478 e. The number of carboxylic acids is 1. The molecule has 0 saturated heterocycles. The summed E-state index contributed by atoms with van der Waals surface area (Å²) in [7, 11) is 0. The van der Waals surface area contributed by atoms with Crippen molar-refractivity contribution in [2.24, 2.45) is 5.10 Å². The number of benzene rings is 2. The first-order chi connectivity index (χ1) is 13.5. The summed E-state index contributed by atoms with van der Waals surface area (Å²) < 4.78 is 5.49. The largest absolute Gasteiger partial charge is 0.478 e. The van der Waals surface area contributed by atoms with Crippen molar-refractivity contribution in [3.05, 3.63) is 81.7 Å². The lowest BCUT2D eigenvalue weighted by molar-refractivity contribution is -0.114. The van der Waals surface area contributed by atoms with E-state index < -0.39 is 11.9 Å². The molecule has 4 rings (SSSR count). The maximum absolute atomic E-state index is 12.8. The summed E-state index contributed by atoms with van der Waals surface area (Å²) in [5, 5.41) is 14.8. The molecule has 1 aromatic heterocycles. The highest BCUT2D eigenvalue weighted by atomic mass is 16.4. The molecule has 0 atom stereocenters. The fraction of sp³-hybridized carbons (Fsp3) is 0.0476. The quantitative estimate of drug-likeness (QED) is 0.709. The summed E-state index contributed by atoms with van der Waals surface area (Å²) in [4.78, 5) is 36.4. The molecule has 2 aromatic carbocycles. The van der Waals surface area contributed by atoms with Gasteiger partial charge < -0.3 is 9.52 Å². The number of fused-ring (bicyclic) bond motifs is 1. The molecule has 7 heteroatoms. The minimum atomic E-state index is -1.05.